The molecule has 1 saturated carbocycles. The number of anilines is 1. The lowest BCUT2D eigenvalue weighted by Gasteiger charge is -2.54. The van der Waals surface area contributed by atoms with E-state index in [0.717, 1.165) is 37.1 Å². The van der Waals surface area contributed by atoms with Gasteiger partial charge in [0.2, 0.25) is 0 Å². The smallest absolute Gasteiger partial charge is 0.367 e. The molecule has 1 aromatic rings. The maximum absolute atomic E-state index is 13.3. The van der Waals surface area contributed by atoms with Crippen LogP contribution in [0.3, 0.4) is 0 Å². The van der Waals surface area contributed by atoms with Gasteiger partial charge in [-0.05, 0) is 54.9 Å². The highest BCUT2D eigenvalue weighted by Crippen LogP contribution is 2.52. The Kier molecular flexibility index (Phi) is 3.99. The molecule has 27 heavy (non-hydrogen) atoms. The van der Waals surface area contributed by atoms with E-state index in [1.165, 1.54) is 6.07 Å². The second-order valence-electron chi connectivity index (χ2n) is 9.06. The molecule has 0 N–H and O–H groups in total. The molecule has 1 aliphatic carbocycles. The number of hydrogen-bond donors (Lipinski definition) is 0. The minimum absolute atomic E-state index is 0.0938. The SMILES string of the molecule is CC1(C)CC(=O)C2(Cc3cc(C(F)(F)F)ccc3N3CCCC[C@@H]32)C(=O)C1. The van der Waals surface area contributed by atoms with Gasteiger partial charge in [0.25, 0.3) is 0 Å². The molecule has 2 aliphatic heterocycles. The van der Waals surface area contributed by atoms with Gasteiger partial charge >= 0.3 is 6.18 Å². The van der Waals surface area contributed by atoms with Gasteiger partial charge < -0.3 is 4.90 Å². The normalized spacial score (nSPS) is 26.7. The summed E-state index contributed by atoms with van der Waals surface area (Å²) in [6.45, 7) is 4.49. The van der Waals surface area contributed by atoms with Gasteiger partial charge in [0.1, 0.15) is 17.0 Å². The Morgan fingerprint density at radius 3 is 2.33 bits per heavy atom. The molecule has 0 amide bonds. The highest BCUT2D eigenvalue weighted by atomic mass is 19.4. The standard InChI is InChI=1S/C21H24F3NO2/c1-19(2)11-17(26)20(18(27)12-19)10-13-9-14(21(22,23)24)6-7-15(13)25-8-4-3-5-16(20)25/h6-7,9,16H,3-5,8,10-12H2,1-2H3/t16-/m1/s1. The fourth-order valence-corrected chi connectivity index (χ4v) is 5.31. The highest BCUT2D eigenvalue weighted by Gasteiger charge is 2.60. The van der Waals surface area contributed by atoms with Crippen LogP contribution in [-0.2, 0) is 22.2 Å². The van der Waals surface area contributed by atoms with Gasteiger partial charge in [-0.1, -0.05) is 13.8 Å². The molecule has 0 bridgehead atoms. The van der Waals surface area contributed by atoms with Gasteiger partial charge in [-0.2, -0.15) is 13.2 Å². The van der Waals surface area contributed by atoms with Gasteiger partial charge in [0.15, 0.2) is 0 Å². The first-order valence-corrected chi connectivity index (χ1v) is 9.58. The van der Waals surface area contributed by atoms with Crippen LogP contribution < -0.4 is 4.90 Å². The van der Waals surface area contributed by atoms with E-state index >= 15 is 0 Å². The number of nitrogens with zero attached hydrogens (tertiary/aromatic N) is 1. The van der Waals surface area contributed by atoms with E-state index in [9.17, 15) is 22.8 Å². The summed E-state index contributed by atoms with van der Waals surface area (Å²) in [5, 5.41) is 0. The van der Waals surface area contributed by atoms with Crippen LogP contribution in [0.25, 0.3) is 0 Å². The summed E-state index contributed by atoms with van der Waals surface area (Å²) in [5.74, 6) is -0.188. The average molecular weight is 379 g/mol. The van der Waals surface area contributed by atoms with Crippen LogP contribution in [-0.4, -0.2) is 24.2 Å². The summed E-state index contributed by atoms with van der Waals surface area (Å²) in [7, 11) is 0. The first kappa shape index (κ1) is 18.5. The third kappa shape index (κ3) is 2.79. The number of fused-ring (bicyclic) bond motifs is 4. The van der Waals surface area contributed by atoms with Gasteiger partial charge in [-0.3, -0.25) is 9.59 Å². The minimum Gasteiger partial charge on any atom is -0.367 e. The fourth-order valence-electron chi connectivity index (χ4n) is 5.31. The maximum Gasteiger partial charge on any atom is 0.416 e. The average Bonchev–Trinajstić information content (AvgIpc) is 2.57. The van der Waals surface area contributed by atoms with Crippen LogP contribution in [0.4, 0.5) is 18.9 Å². The largest absolute Gasteiger partial charge is 0.416 e. The van der Waals surface area contributed by atoms with Crippen LogP contribution in [0.15, 0.2) is 18.2 Å². The molecule has 3 nitrogen and oxygen atoms in total. The molecule has 146 valence electrons. The fraction of sp³-hybridized carbons (Fsp3) is 0.619. The van der Waals surface area contributed by atoms with Gasteiger partial charge in [-0.15, -0.1) is 0 Å². The quantitative estimate of drug-likeness (QED) is 0.620. The van der Waals surface area contributed by atoms with E-state index in [1.54, 1.807) is 0 Å². The molecule has 2 heterocycles. The van der Waals surface area contributed by atoms with Crippen molar-refractivity contribution in [3.8, 4) is 0 Å². The minimum atomic E-state index is -4.44. The number of benzene rings is 1. The Bertz CT molecular complexity index is 792. The molecule has 1 aromatic carbocycles. The maximum atomic E-state index is 13.3. The van der Waals surface area contributed by atoms with Crippen molar-refractivity contribution in [3.63, 3.8) is 0 Å². The van der Waals surface area contributed by atoms with Crippen molar-refractivity contribution < 1.29 is 22.8 Å². The number of carbonyl (C=O) groups excluding carboxylic acids is 2. The van der Waals surface area contributed by atoms with Crippen molar-refractivity contribution in [1.29, 1.82) is 0 Å². The molecule has 0 unspecified atom stereocenters. The Labute approximate surface area is 156 Å². The van der Waals surface area contributed by atoms with Crippen molar-refractivity contribution in [1.82, 2.24) is 0 Å². The van der Waals surface area contributed by atoms with E-state index in [1.807, 2.05) is 18.7 Å². The van der Waals surface area contributed by atoms with Crippen LogP contribution >= 0.6 is 0 Å². The zero-order chi connectivity index (χ0) is 19.6. The van der Waals surface area contributed by atoms with Crippen molar-refractivity contribution in [3.05, 3.63) is 29.3 Å². The van der Waals surface area contributed by atoms with Crippen molar-refractivity contribution >= 4 is 17.3 Å². The molecule has 0 radical (unpaired) electrons. The summed E-state index contributed by atoms with van der Waals surface area (Å²) in [6.07, 6.45) is -1.15. The van der Waals surface area contributed by atoms with Crippen LogP contribution in [0.2, 0.25) is 0 Å². The number of rotatable bonds is 0. The predicted octanol–water partition coefficient (Wildman–Crippen LogP) is 4.57. The number of carbonyl (C=O) groups is 2. The van der Waals surface area contributed by atoms with E-state index in [-0.39, 0.29) is 29.4 Å². The molecule has 1 saturated heterocycles. The molecule has 0 aromatic heterocycles. The molecule has 4 rings (SSSR count). The summed E-state index contributed by atoms with van der Waals surface area (Å²) >= 11 is 0. The zero-order valence-corrected chi connectivity index (χ0v) is 15.7. The molecule has 2 fully saturated rings. The predicted molar refractivity (Wildman–Crippen MR) is 95.6 cm³/mol. The molecular formula is C21H24F3NO2. The first-order valence-electron chi connectivity index (χ1n) is 9.58. The Morgan fingerprint density at radius 1 is 1.04 bits per heavy atom. The zero-order valence-electron chi connectivity index (χ0n) is 15.7. The molecule has 3 aliphatic rings. The number of halogens is 3. The Balaban J connectivity index is 1.86. The van der Waals surface area contributed by atoms with Gasteiger partial charge in [0, 0.05) is 31.1 Å². The van der Waals surface area contributed by atoms with Gasteiger partial charge in [-0.25, -0.2) is 0 Å². The van der Waals surface area contributed by atoms with E-state index < -0.39 is 17.2 Å². The summed E-state index contributed by atoms with van der Waals surface area (Å²) in [4.78, 5) is 28.6. The van der Waals surface area contributed by atoms with Crippen LogP contribution in [0.5, 0.6) is 0 Å². The second kappa shape index (κ2) is 5.82. The lowest BCUT2D eigenvalue weighted by molar-refractivity contribution is -0.150. The van der Waals surface area contributed by atoms with Crippen LogP contribution in [0.1, 0.15) is 57.1 Å². The third-order valence-electron chi connectivity index (χ3n) is 6.53. The molecular weight excluding hydrogens is 355 g/mol. The molecule has 1 atom stereocenters. The number of piperidine rings is 1. The lowest BCUT2D eigenvalue weighted by atomic mass is 9.55. The second-order valence-corrected chi connectivity index (χ2v) is 9.06. The lowest BCUT2D eigenvalue weighted by Crippen LogP contribution is -2.64. The summed E-state index contributed by atoms with van der Waals surface area (Å²) in [6, 6.07) is 3.54. The van der Waals surface area contributed by atoms with E-state index in [0.29, 0.717) is 24.9 Å². The summed E-state index contributed by atoms with van der Waals surface area (Å²) in [5.41, 5.74) is -1.06. The third-order valence-corrected chi connectivity index (χ3v) is 6.53. The topological polar surface area (TPSA) is 37.4 Å². The number of hydrogen-bond acceptors (Lipinski definition) is 3. The Hall–Kier alpha value is -1.85. The highest BCUT2D eigenvalue weighted by molar-refractivity contribution is 6.11. The van der Waals surface area contributed by atoms with Crippen molar-refractivity contribution in [2.45, 2.75) is 64.6 Å². The van der Waals surface area contributed by atoms with E-state index in [2.05, 4.69) is 0 Å². The van der Waals surface area contributed by atoms with E-state index in [4.69, 9.17) is 0 Å². The Morgan fingerprint density at radius 2 is 1.70 bits per heavy atom. The molecule has 1 spiro atoms. The number of Topliss-reactive ketones (excluding diaryl/α,β-unsaturated/α-hetero) is 2. The van der Waals surface area contributed by atoms with Crippen LogP contribution in [0, 0.1) is 10.8 Å². The first-order chi connectivity index (χ1) is 12.5. The molecule has 6 heteroatoms. The van der Waals surface area contributed by atoms with Crippen molar-refractivity contribution in [2.75, 3.05) is 11.4 Å². The number of alkyl halides is 3. The van der Waals surface area contributed by atoms with Gasteiger partial charge in [0.05, 0.1) is 5.56 Å². The monoisotopic (exact) mass is 379 g/mol. The summed E-state index contributed by atoms with van der Waals surface area (Å²) < 4.78 is 39.7. The van der Waals surface area contributed by atoms with Crippen molar-refractivity contribution in [2.24, 2.45) is 10.8 Å². The number of ketones is 2.